The fraction of sp³-hybridized carbons (Fsp3) is 1.00. The number of rotatable bonds is 10. The van der Waals surface area contributed by atoms with Crippen LogP contribution in [0.1, 0.15) is 6.42 Å². The minimum absolute atomic E-state index is 0.102. The van der Waals surface area contributed by atoms with Crippen molar-refractivity contribution in [3.8, 4) is 0 Å². The van der Waals surface area contributed by atoms with Gasteiger partial charge in [0.25, 0.3) is 0 Å². The topological polar surface area (TPSA) is 84.7 Å². The van der Waals surface area contributed by atoms with Crippen LogP contribution in [0, 0.1) is 0 Å². The number of hydrogen-bond acceptors (Lipinski definition) is 5. The highest BCUT2D eigenvalue weighted by atomic mass is 32.2. The van der Waals surface area contributed by atoms with Crippen molar-refractivity contribution in [2.75, 3.05) is 52.7 Å². The SMILES string of the molecule is COCCN(C)CCNS(=O)(=O)CCCN. The molecule has 16 heavy (non-hydrogen) atoms. The van der Waals surface area contributed by atoms with E-state index in [-0.39, 0.29) is 5.75 Å². The number of ether oxygens (including phenoxy) is 1. The van der Waals surface area contributed by atoms with Crippen molar-refractivity contribution in [2.45, 2.75) is 6.42 Å². The number of hydrogen-bond donors (Lipinski definition) is 2. The highest BCUT2D eigenvalue weighted by Crippen LogP contribution is 1.88. The quantitative estimate of drug-likeness (QED) is 0.513. The Morgan fingerprint density at radius 1 is 1.38 bits per heavy atom. The molecule has 0 saturated carbocycles. The van der Waals surface area contributed by atoms with Crippen LogP contribution in [0.4, 0.5) is 0 Å². The van der Waals surface area contributed by atoms with Gasteiger partial charge in [0.05, 0.1) is 12.4 Å². The van der Waals surface area contributed by atoms with E-state index in [1.54, 1.807) is 7.11 Å². The first kappa shape index (κ1) is 15.8. The summed E-state index contributed by atoms with van der Waals surface area (Å²) in [4.78, 5) is 2.01. The van der Waals surface area contributed by atoms with Crippen molar-refractivity contribution in [3.63, 3.8) is 0 Å². The van der Waals surface area contributed by atoms with Crippen molar-refractivity contribution in [3.05, 3.63) is 0 Å². The van der Waals surface area contributed by atoms with Crippen LogP contribution >= 0.6 is 0 Å². The van der Waals surface area contributed by atoms with Gasteiger partial charge in [0, 0.05) is 26.7 Å². The molecule has 0 atom stereocenters. The first-order valence-electron chi connectivity index (χ1n) is 5.36. The second-order valence-corrected chi connectivity index (χ2v) is 5.58. The van der Waals surface area contributed by atoms with Gasteiger partial charge in [0.15, 0.2) is 0 Å². The zero-order valence-electron chi connectivity index (χ0n) is 10.1. The molecule has 6 nitrogen and oxygen atoms in total. The molecular formula is C9H23N3O3S. The molecule has 7 heteroatoms. The molecule has 0 bridgehead atoms. The van der Waals surface area contributed by atoms with E-state index in [2.05, 4.69) is 4.72 Å². The van der Waals surface area contributed by atoms with Crippen LogP contribution < -0.4 is 10.5 Å². The fourth-order valence-corrected chi connectivity index (χ4v) is 2.19. The first-order chi connectivity index (χ1) is 7.52. The average Bonchev–Trinajstić information content (AvgIpc) is 2.23. The molecule has 0 fully saturated rings. The van der Waals surface area contributed by atoms with Gasteiger partial charge in [-0.15, -0.1) is 0 Å². The van der Waals surface area contributed by atoms with Crippen molar-refractivity contribution in [2.24, 2.45) is 5.73 Å². The van der Waals surface area contributed by atoms with Crippen molar-refractivity contribution in [1.82, 2.24) is 9.62 Å². The lowest BCUT2D eigenvalue weighted by atomic mass is 10.5. The molecule has 0 spiro atoms. The fourth-order valence-electron chi connectivity index (χ4n) is 1.10. The van der Waals surface area contributed by atoms with Crippen LogP contribution in [-0.2, 0) is 14.8 Å². The van der Waals surface area contributed by atoms with Crippen LogP contribution in [0.3, 0.4) is 0 Å². The normalized spacial score (nSPS) is 12.2. The van der Waals surface area contributed by atoms with Crippen LogP contribution in [0.2, 0.25) is 0 Å². The number of likely N-dealkylation sites (N-methyl/N-ethyl adjacent to an activating group) is 1. The largest absolute Gasteiger partial charge is 0.383 e. The molecule has 0 aromatic rings. The maximum atomic E-state index is 11.4. The lowest BCUT2D eigenvalue weighted by Crippen LogP contribution is -2.35. The van der Waals surface area contributed by atoms with Gasteiger partial charge in [-0.3, -0.25) is 0 Å². The van der Waals surface area contributed by atoms with Crippen LogP contribution in [0.15, 0.2) is 0 Å². The Morgan fingerprint density at radius 3 is 2.62 bits per heavy atom. The second-order valence-electron chi connectivity index (χ2n) is 3.65. The summed E-state index contributed by atoms with van der Waals surface area (Å²) in [6, 6.07) is 0. The minimum Gasteiger partial charge on any atom is -0.383 e. The Hall–Kier alpha value is -0.210. The second kappa shape index (κ2) is 8.89. The Kier molecular flexibility index (Phi) is 8.77. The Bertz CT molecular complexity index is 257. The van der Waals surface area contributed by atoms with E-state index in [4.69, 9.17) is 10.5 Å². The molecule has 0 rings (SSSR count). The predicted octanol–water partition coefficient (Wildman–Crippen LogP) is -1.17. The van der Waals surface area contributed by atoms with Gasteiger partial charge in [-0.2, -0.15) is 0 Å². The van der Waals surface area contributed by atoms with Gasteiger partial charge < -0.3 is 15.4 Å². The number of nitrogens with zero attached hydrogens (tertiary/aromatic N) is 1. The molecule has 3 N–H and O–H groups in total. The summed E-state index contributed by atoms with van der Waals surface area (Å²) in [5, 5.41) is 0. The van der Waals surface area contributed by atoms with Crippen LogP contribution in [0.25, 0.3) is 0 Å². The number of nitrogens with two attached hydrogens (primary N) is 1. The molecule has 0 unspecified atom stereocenters. The maximum absolute atomic E-state index is 11.4. The van der Waals surface area contributed by atoms with Gasteiger partial charge in [-0.1, -0.05) is 0 Å². The average molecular weight is 253 g/mol. The lowest BCUT2D eigenvalue weighted by Gasteiger charge is -2.16. The van der Waals surface area contributed by atoms with E-state index in [0.717, 1.165) is 6.54 Å². The van der Waals surface area contributed by atoms with Gasteiger partial charge >= 0.3 is 0 Å². The predicted molar refractivity (Wildman–Crippen MR) is 64.8 cm³/mol. The van der Waals surface area contributed by atoms with E-state index in [1.807, 2.05) is 11.9 Å². The van der Waals surface area contributed by atoms with Crippen molar-refractivity contribution >= 4 is 10.0 Å². The summed E-state index contributed by atoms with van der Waals surface area (Å²) in [6.45, 7) is 2.93. The highest BCUT2D eigenvalue weighted by molar-refractivity contribution is 7.89. The summed E-state index contributed by atoms with van der Waals surface area (Å²) >= 11 is 0. The summed E-state index contributed by atoms with van der Waals surface area (Å²) < 4.78 is 30.2. The summed E-state index contributed by atoms with van der Waals surface area (Å²) in [7, 11) is 0.418. The van der Waals surface area contributed by atoms with E-state index in [9.17, 15) is 8.42 Å². The maximum Gasteiger partial charge on any atom is 0.211 e. The minimum atomic E-state index is -3.15. The molecular weight excluding hydrogens is 230 g/mol. The molecule has 0 aliphatic heterocycles. The Labute approximate surface area is 98.2 Å². The van der Waals surface area contributed by atoms with E-state index in [0.29, 0.717) is 32.7 Å². The standard InChI is InChI=1S/C9H23N3O3S/c1-12(7-8-15-2)6-5-11-16(13,14)9-3-4-10/h11H,3-10H2,1-2H3. The van der Waals surface area contributed by atoms with Gasteiger partial charge in [-0.25, -0.2) is 13.1 Å². The molecule has 0 aromatic carbocycles. The zero-order valence-corrected chi connectivity index (χ0v) is 10.9. The number of methoxy groups -OCH3 is 1. The molecule has 0 aliphatic carbocycles. The Morgan fingerprint density at radius 2 is 2.06 bits per heavy atom. The monoisotopic (exact) mass is 253 g/mol. The molecule has 0 aromatic heterocycles. The van der Waals surface area contributed by atoms with E-state index < -0.39 is 10.0 Å². The number of sulfonamides is 1. The van der Waals surface area contributed by atoms with Crippen LogP contribution in [0.5, 0.6) is 0 Å². The first-order valence-corrected chi connectivity index (χ1v) is 7.02. The third-order valence-corrected chi connectivity index (χ3v) is 3.58. The van der Waals surface area contributed by atoms with Gasteiger partial charge in [0.1, 0.15) is 0 Å². The lowest BCUT2D eigenvalue weighted by molar-refractivity contribution is 0.162. The van der Waals surface area contributed by atoms with Crippen molar-refractivity contribution < 1.29 is 13.2 Å². The summed E-state index contributed by atoms with van der Waals surface area (Å²) in [5.74, 6) is 0.102. The highest BCUT2D eigenvalue weighted by Gasteiger charge is 2.08. The molecule has 98 valence electrons. The summed E-state index contributed by atoms with van der Waals surface area (Å²) in [5.41, 5.74) is 5.25. The summed E-state index contributed by atoms with van der Waals surface area (Å²) in [6.07, 6.45) is 0.495. The third kappa shape index (κ3) is 9.05. The van der Waals surface area contributed by atoms with E-state index in [1.165, 1.54) is 0 Å². The smallest absolute Gasteiger partial charge is 0.211 e. The molecule has 0 radical (unpaired) electrons. The van der Waals surface area contributed by atoms with Gasteiger partial charge in [0.2, 0.25) is 10.0 Å². The molecule has 0 saturated heterocycles. The zero-order chi connectivity index (χ0) is 12.4. The van der Waals surface area contributed by atoms with Gasteiger partial charge in [-0.05, 0) is 20.0 Å². The molecule has 0 heterocycles. The molecule has 0 amide bonds. The van der Waals surface area contributed by atoms with E-state index >= 15 is 0 Å². The van der Waals surface area contributed by atoms with Crippen molar-refractivity contribution in [1.29, 1.82) is 0 Å². The Balaban J connectivity index is 3.63. The van der Waals surface area contributed by atoms with Crippen LogP contribution in [-0.4, -0.2) is 66.0 Å². The molecule has 0 aliphatic rings. The third-order valence-electron chi connectivity index (χ3n) is 2.11. The number of nitrogens with one attached hydrogen (secondary N) is 1.